The minimum absolute atomic E-state index is 0.819. The van der Waals surface area contributed by atoms with E-state index in [1.807, 2.05) is 6.92 Å². The Morgan fingerprint density at radius 3 is 2.93 bits per heavy atom. The van der Waals surface area contributed by atoms with E-state index in [4.69, 9.17) is 4.74 Å². The molecular weight excluding hydrogens is 188 g/mol. The fourth-order valence-electron chi connectivity index (χ4n) is 1.47. The standard InChI is InChI=1S/C12H22N2O/c1-3-14-8-6-12(11-14)10-13-7-5-9-15-4-2/h6,8,11,13H,3-5,7,9-10H2,1-2H3. The fourth-order valence-corrected chi connectivity index (χ4v) is 1.47. The molecule has 0 atom stereocenters. The number of rotatable bonds is 8. The third-order valence-corrected chi connectivity index (χ3v) is 2.35. The number of aryl methyl sites for hydroxylation is 1. The van der Waals surface area contributed by atoms with Crippen LogP contribution in [0, 0.1) is 0 Å². The first-order valence-electron chi connectivity index (χ1n) is 5.80. The lowest BCUT2D eigenvalue weighted by molar-refractivity contribution is 0.144. The van der Waals surface area contributed by atoms with Gasteiger partial charge in [-0.3, -0.25) is 0 Å². The van der Waals surface area contributed by atoms with E-state index in [1.165, 1.54) is 5.56 Å². The van der Waals surface area contributed by atoms with Gasteiger partial charge in [0.2, 0.25) is 0 Å². The highest BCUT2D eigenvalue weighted by atomic mass is 16.5. The van der Waals surface area contributed by atoms with Crippen LogP contribution >= 0.6 is 0 Å². The maximum atomic E-state index is 5.26. The summed E-state index contributed by atoms with van der Waals surface area (Å²) in [6.07, 6.45) is 5.40. The average molecular weight is 210 g/mol. The number of hydrogen-bond donors (Lipinski definition) is 1. The molecule has 3 nitrogen and oxygen atoms in total. The van der Waals surface area contributed by atoms with Crippen molar-refractivity contribution in [2.45, 2.75) is 33.4 Å². The van der Waals surface area contributed by atoms with E-state index in [1.54, 1.807) is 0 Å². The van der Waals surface area contributed by atoms with Crippen LogP contribution in [0.15, 0.2) is 18.5 Å². The van der Waals surface area contributed by atoms with Crippen molar-refractivity contribution in [2.75, 3.05) is 19.8 Å². The third-order valence-electron chi connectivity index (χ3n) is 2.35. The van der Waals surface area contributed by atoms with Gasteiger partial charge < -0.3 is 14.6 Å². The van der Waals surface area contributed by atoms with Gasteiger partial charge in [-0.15, -0.1) is 0 Å². The highest BCUT2D eigenvalue weighted by Gasteiger charge is 1.94. The van der Waals surface area contributed by atoms with Crippen LogP contribution in [-0.4, -0.2) is 24.3 Å². The Hall–Kier alpha value is -0.800. The smallest absolute Gasteiger partial charge is 0.0477 e. The van der Waals surface area contributed by atoms with Crippen LogP contribution in [0.1, 0.15) is 25.8 Å². The van der Waals surface area contributed by atoms with E-state index in [0.717, 1.165) is 39.3 Å². The van der Waals surface area contributed by atoms with Crippen molar-refractivity contribution < 1.29 is 4.74 Å². The number of ether oxygens (including phenoxy) is 1. The fraction of sp³-hybridized carbons (Fsp3) is 0.667. The van der Waals surface area contributed by atoms with E-state index < -0.39 is 0 Å². The van der Waals surface area contributed by atoms with Gasteiger partial charge in [-0.05, 0) is 38.4 Å². The lowest BCUT2D eigenvalue weighted by Crippen LogP contribution is -2.16. The molecular formula is C12H22N2O. The molecule has 0 saturated carbocycles. The molecule has 15 heavy (non-hydrogen) atoms. The van der Waals surface area contributed by atoms with Gasteiger partial charge in [0.25, 0.3) is 0 Å². The highest BCUT2D eigenvalue weighted by Crippen LogP contribution is 2.00. The number of nitrogens with zero attached hydrogens (tertiary/aromatic N) is 1. The van der Waals surface area contributed by atoms with E-state index in [9.17, 15) is 0 Å². The van der Waals surface area contributed by atoms with Crippen molar-refractivity contribution in [3.63, 3.8) is 0 Å². The summed E-state index contributed by atoms with van der Waals surface area (Å²) in [4.78, 5) is 0. The maximum Gasteiger partial charge on any atom is 0.0477 e. The number of nitrogens with one attached hydrogen (secondary N) is 1. The second kappa shape index (κ2) is 7.49. The molecule has 0 aliphatic rings. The molecule has 0 fully saturated rings. The van der Waals surface area contributed by atoms with Gasteiger partial charge in [0.1, 0.15) is 0 Å². The third kappa shape index (κ3) is 5.00. The topological polar surface area (TPSA) is 26.2 Å². The largest absolute Gasteiger partial charge is 0.382 e. The molecule has 1 rings (SSSR count). The second-order valence-corrected chi connectivity index (χ2v) is 3.58. The molecule has 0 bridgehead atoms. The molecule has 0 radical (unpaired) electrons. The van der Waals surface area contributed by atoms with Gasteiger partial charge in [-0.1, -0.05) is 0 Å². The van der Waals surface area contributed by atoms with E-state index in [2.05, 4.69) is 35.3 Å². The molecule has 1 aromatic heterocycles. The quantitative estimate of drug-likeness (QED) is 0.664. The molecule has 0 unspecified atom stereocenters. The van der Waals surface area contributed by atoms with Crippen molar-refractivity contribution in [3.05, 3.63) is 24.0 Å². The van der Waals surface area contributed by atoms with Crippen LogP contribution in [0.3, 0.4) is 0 Å². The first kappa shape index (κ1) is 12.3. The van der Waals surface area contributed by atoms with Gasteiger partial charge in [-0.2, -0.15) is 0 Å². The van der Waals surface area contributed by atoms with E-state index >= 15 is 0 Å². The molecule has 1 N–H and O–H groups in total. The zero-order valence-electron chi connectivity index (χ0n) is 9.83. The molecule has 3 heteroatoms. The van der Waals surface area contributed by atoms with Crippen molar-refractivity contribution in [1.29, 1.82) is 0 Å². The van der Waals surface area contributed by atoms with Crippen LogP contribution in [0.2, 0.25) is 0 Å². The van der Waals surface area contributed by atoms with Gasteiger partial charge in [0.05, 0.1) is 0 Å². The summed E-state index contributed by atoms with van der Waals surface area (Å²) in [5.41, 5.74) is 1.35. The van der Waals surface area contributed by atoms with Crippen LogP contribution in [0.25, 0.3) is 0 Å². The molecule has 1 heterocycles. The predicted molar refractivity (Wildman–Crippen MR) is 62.9 cm³/mol. The van der Waals surface area contributed by atoms with Crippen LogP contribution in [0.5, 0.6) is 0 Å². The van der Waals surface area contributed by atoms with Crippen molar-refractivity contribution in [2.24, 2.45) is 0 Å². The Balaban J connectivity index is 2.04. The minimum Gasteiger partial charge on any atom is -0.382 e. The van der Waals surface area contributed by atoms with Crippen LogP contribution in [-0.2, 0) is 17.8 Å². The van der Waals surface area contributed by atoms with Crippen molar-refractivity contribution in [1.82, 2.24) is 9.88 Å². The maximum absolute atomic E-state index is 5.26. The summed E-state index contributed by atoms with van der Waals surface area (Å²) in [5, 5.41) is 3.40. The highest BCUT2D eigenvalue weighted by molar-refractivity contribution is 5.09. The Labute approximate surface area is 92.4 Å². The normalized spacial score (nSPS) is 10.8. The SMILES string of the molecule is CCOCCCNCc1ccn(CC)c1. The van der Waals surface area contributed by atoms with Crippen molar-refractivity contribution in [3.8, 4) is 0 Å². The average Bonchev–Trinajstić information content (AvgIpc) is 2.71. The number of hydrogen-bond acceptors (Lipinski definition) is 2. The van der Waals surface area contributed by atoms with Gasteiger partial charge in [-0.25, -0.2) is 0 Å². The Morgan fingerprint density at radius 2 is 2.27 bits per heavy atom. The zero-order chi connectivity index (χ0) is 10.9. The van der Waals surface area contributed by atoms with Crippen LogP contribution in [0.4, 0.5) is 0 Å². The summed E-state index contributed by atoms with van der Waals surface area (Å²) in [6.45, 7) is 8.89. The molecule has 86 valence electrons. The van der Waals surface area contributed by atoms with Gasteiger partial charge >= 0.3 is 0 Å². The summed E-state index contributed by atoms with van der Waals surface area (Å²) >= 11 is 0. The Morgan fingerprint density at radius 1 is 1.40 bits per heavy atom. The Bertz CT molecular complexity index is 258. The number of aromatic nitrogens is 1. The van der Waals surface area contributed by atoms with Gasteiger partial charge in [0.15, 0.2) is 0 Å². The molecule has 0 amide bonds. The molecule has 1 aromatic rings. The first-order valence-corrected chi connectivity index (χ1v) is 5.80. The van der Waals surface area contributed by atoms with Crippen molar-refractivity contribution >= 4 is 0 Å². The second-order valence-electron chi connectivity index (χ2n) is 3.58. The molecule has 0 aliphatic carbocycles. The molecule has 0 spiro atoms. The Kier molecular flexibility index (Phi) is 6.12. The monoisotopic (exact) mass is 210 g/mol. The molecule has 0 aromatic carbocycles. The minimum atomic E-state index is 0.819. The zero-order valence-corrected chi connectivity index (χ0v) is 9.83. The van der Waals surface area contributed by atoms with Gasteiger partial charge in [0, 0.05) is 38.7 Å². The summed E-state index contributed by atoms with van der Waals surface area (Å²) in [6, 6.07) is 2.17. The molecule has 0 saturated heterocycles. The molecule has 0 aliphatic heterocycles. The van der Waals surface area contributed by atoms with E-state index in [-0.39, 0.29) is 0 Å². The lowest BCUT2D eigenvalue weighted by Gasteiger charge is -2.03. The lowest BCUT2D eigenvalue weighted by atomic mass is 10.3. The summed E-state index contributed by atoms with van der Waals surface area (Å²) in [5.74, 6) is 0. The first-order chi connectivity index (χ1) is 7.36. The summed E-state index contributed by atoms with van der Waals surface area (Å²) < 4.78 is 7.45. The predicted octanol–water partition coefficient (Wildman–Crippen LogP) is 2.02. The summed E-state index contributed by atoms with van der Waals surface area (Å²) in [7, 11) is 0. The van der Waals surface area contributed by atoms with Crippen LogP contribution < -0.4 is 5.32 Å². The van der Waals surface area contributed by atoms with E-state index in [0.29, 0.717) is 0 Å².